The van der Waals surface area contributed by atoms with Crippen LogP contribution in [0.5, 0.6) is 0 Å². The molecular weight excluding hydrogens is 250 g/mol. The zero-order valence-electron chi connectivity index (χ0n) is 9.58. The standard InChI is InChI=1S/C13H12ClN3O/c14-12(10-4-2-1-3-5-10)13(18)16-8-11-6-7-15-9-17-11/h1-7,9,12H,8H2,(H,16,18). The van der Waals surface area contributed by atoms with Crippen LogP contribution in [0.15, 0.2) is 48.9 Å². The smallest absolute Gasteiger partial charge is 0.242 e. The highest BCUT2D eigenvalue weighted by Crippen LogP contribution is 2.19. The summed E-state index contributed by atoms with van der Waals surface area (Å²) < 4.78 is 0. The molecule has 1 amide bonds. The van der Waals surface area contributed by atoms with Crippen molar-refractivity contribution >= 4 is 17.5 Å². The van der Waals surface area contributed by atoms with Crippen molar-refractivity contribution in [1.29, 1.82) is 0 Å². The van der Waals surface area contributed by atoms with Gasteiger partial charge in [-0.25, -0.2) is 9.97 Å². The van der Waals surface area contributed by atoms with Gasteiger partial charge in [-0.15, -0.1) is 11.6 Å². The Kier molecular flexibility index (Phi) is 4.25. The third-order valence-corrected chi connectivity index (χ3v) is 2.86. The summed E-state index contributed by atoms with van der Waals surface area (Å²) in [5.74, 6) is -0.235. The van der Waals surface area contributed by atoms with E-state index in [-0.39, 0.29) is 5.91 Å². The van der Waals surface area contributed by atoms with Crippen LogP contribution < -0.4 is 5.32 Å². The maximum absolute atomic E-state index is 11.8. The van der Waals surface area contributed by atoms with Crippen LogP contribution >= 0.6 is 11.6 Å². The third-order valence-electron chi connectivity index (χ3n) is 2.41. The molecule has 1 atom stereocenters. The van der Waals surface area contributed by atoms with Crippen LogP contribution in [-0.2, 0) is 11.3 Å². The first-order valence-electron chi connectivity index (χ1n) is 5.49. The molecule has 0 saturated heterocycles. The van der Waals surface area contributed by atoms with E-state index >= 15 is 0 Å². The number of nitrogens with zero attached hydrogens (tertiary/aromatic N) is 2. The SMILES string of the molecule is O=C(NCc1ccncn1)C(Cl)c1ccccc1. The van der Waals surface area contributed by atoms with E-state index in [1.165, 1.54) is 6.33 Å². The van der Waals surface area contributed by atoms with Gasteiger partial charge in [0.25, 0.3) is 0 Å². The highest BCUT2D eigenvalue weighted by atomic mass is 35.5. The molecule has 92 valence electrons. The minimum absolute atomic E-state index is 0.235. The van der Waals surface area contributed by atoms with Crippen molar-refractivity contribution in [3.05, 3.63) is 60.2 Å². The Morgan fingerprint density at radius 2 is 2.06 bits per heavy atom. The largest absolute Gasteiger partial charge is 0.349 e. The van der Waals surface area contributed by atoms with Gasteiger partial charge in [-0.05, 0) is 11.6 Å². The molecule has 1 aromatic carbocycles. The second-order valence-electron chi connectivity index (χ2n) is 3.69. The van der Waals surface area contributed by atoms with Crippen LogP contribution in [0.25, 0.3) is 0 Å². The minimum atomic E-state index is -0.687. The van der Waals surface area contributed by atoms with Gasteiger partial charge in [0.1, 0.15) is 11.7 Å². The van der Waals surface area contributed by atoms with Gasteiger partial charge in [-0.2, -0.15) is 0 Å². The van der Waals surface area contributed by atoms with Crippen molar-refractivity contribution in [1.82, 2.24) is 15.3 Å². The molecule has 0 aliphatic carbocycles. The molecule has 0 aliphatic heterocycles. The molecule has 0 fully saturated rings. The van der Waals surface area contributed by atoms with Gasteiger partial charge in [0.2, 0.25) is 5.91 Å². The topological polar surface area (TPSA) is 54.9 Å². The Morgan fingerprint density at radius 1 is 1.28 bits per heavy atom. The number of carbonyl (C=O) groups excluding carboxylic acids is 1. The lowest BCUT2D eigenvalue weighted by Gasteiger charge is -2.10. The molecule has 1 aromatic heterocycles. The van der Waals surface area contributed by atoms with Crippen molar-refractivity contribution in [3.8, 4) is 0 Å². The number of benzene rings is 1. The Labute approximate surface area is 110 Å². The van der Waals surface area contributed by atoms with E-state index < -0.39 is 5.38 Å². The second kappa shape index (κ2) is 6.12. The van der Waals surface area contributed by atoms with Crippen LogP contribution in [0.2, 0.25) is 0 Å². The fourth-order valence-electron chi connectivity index (χ4n) is 1.46. The van der Waals surface area contributed by atoms with Crippen molar-refractivity contribution in [3.63, 3.8) is 0 Å². The summed E-state index contributed by atoms with van der Waals surface area (Å²) in [6.07, 6.45) is 3.07. The number of alkyl halides is 1. The Balaban J connectivity index is 1.93. The maximum Gasteiger partial charge on any atom is 0.242 e. The Morgan fingerprint density at radius 3 is 2.72 bits per heavy atom. The molecule has 18 heavy (non-hydrogen) atoms. The number of halogens is 1. The molecule has 2 aromatic rings. The third kappa shape index (κ3) is 3.28. The number of rotatable bonds is 4. The monoisotopic (exact) mass is 261 g/mol. The molecule has 0 radical (unpaired) electrons. The quantitative estimate of drug-likeness (QED) is 0.858. The van der Waals surface area contributed by atoms with Gasteiger partial charge in [0, 0.05) is 6.20 Å². The highest BCUT2D eigenvalue weighted by molar-refractivity contribution is 6.30. The average molecular weight is 262 g/mol. The zero-order valence-corrected chi connectivity index (χ0v) is 10.3. The van der Waals surface area contributed by atoms with E-state index in [9.17, 15) is 4.79 Å². The fraction of sp³-hybridized carbons (Fsp3) is 0.154. The van der Waals surface area contributed by atoms with Crippen LogP contribution in [0.3, 0.4) is 0 Å². The summed E-state index contributed by atoms with van der Waals surface area (Å²) in [7, 11) is 0. The van der Waals surface area contributed by atoms with Crippen molar-refractivity contribution in [2.45, 2.75) is 11.9 Å². The summed E-state index contributed by atoms with van der Waals surface area (Å²) in [5.41, 5.74) is 1.52. The van der Waals surface area contributed by atoms with Gasteiger partial charge in [0.15, 0.2) is 0 Å². The number of nitrogens with one attached hydrogen (secondary N) is 1. The van der Waals surface area contributed by atoms with E-state index in [1.54, 1.807) is 12.3 Å². The molecule has 0 bridgehead atoms. The summed E-state index contributed by atoms with van der Waals surface area (Å²) in [4.78, 5) is 19.6. The molecule has 1 heterocycles. The summed E-state index contributed by atoms with van der Waals surface area (Å²) in [5, 5.41) is 2.05. The van der Waals surface area contributed by atoms with E-state index in [1.807, 2.05) is 30.3 Å². The van der Waals surface area contributed by atoms with Gasteiger partial charge in [-0.1, -0.05) is 30.3 Å². The van der Waals surface area contributed by atoms with E-state index in [0.717, 1.165) is 11.3 Å². The molecule has 2 rings (SSSR count). The fourth-order valence-corrected chi connectivity index (χ4v) is 1.69. The molecular formula is C13H12ClN3O. The highest BCUT2D eigenvalue weighted by Gasteiger charge is 2.16. The van der Waals surface area contributed by atoms with Crippen LogP contribution in [0.4, 0.5) is 0 Å². The number of carbonyl (C=O) groups is 1. The van der Waals surface area contributed by atoms with Crippen molar-refractivity contribution in [2.75, 3.05) is 0 Å². The number of hydrogen-bond acceptors (Lipinski definition) is 3. The first kappa shape index (κ1) is 12.5. The molecule has 0 saturated carbocycles. The molecule has 4 nitrogen and oxygen atoms in total. The molecule has 5 heteroatoms. The van der Waals surface area contributed by atoms with Crippen LogP contribution in [0.1, 0.15) is 16.6 Å². The Hall–Kier alpha value is -1.94. The summed E-state index contributed by atoms with van der Waals surface area (Å²) >= 11 is 6.08. The lowest BCUT2D eigenvalue weighted by atomic mass is 10.1. The average Bonchev–Trinajstić information content (AvgIpc) is 2.46. The van der Waals surface area contributed by atoms with E-state index in [0.29, 0.717) is 6.54 Å². The van der Waals surface area contributed by atoms with Gasteiger partial charge in [-0.3, -0.25) is 4.79 Å². The number of amides is 1. The molecule has 1 unspecified atom stereocenters. The predicted octanol–water partition coefficient (Wildman–Crippen LogP) is 2.07. The summed E-state index contributed by atoms with van der Waals surface area (Å²) in [6, 6.07) is 11.0. The van der Waals surface area contributed by atoms with Gasteiger partial charge in [0.05, 0.1) is 12.2 Å². The maximum atomic E-state index is 11.8. The van der Waals surface area contributed by atoms with Gasteiger partial charge < -0.3 is 5.32 Å². The zero-order chi connectivity index (χ0) is 12.8. The minimum Gasteiger partial charge on any atom is -0.349 e. The predicted molar refractivity (Wildman–Crippen MR) is 68.9 cm³/mol. The number of aromatic nitrogens is 2. The summed E-state index contributed by atoms with van der Waals surface area (Å²) in [6.45, 7) is 0.345. The molecule has 0 aliphatic rings. The van der Waals surface area contributed by atoms with Crippen LogP contribution in [0, 0.1) is 0 Å². The first-order chi connectivity index (χ1) is 8.77. The van der Waals surface area contributed by atoms with E-state index in [4.69, 9.17) is 11.6 Å². The normalized spacial score (nSPS) is 11.8. The van der Waals surface area contributed by atoms with E-state index in [2.05, 4.69) is 15.3 Å². The van der Waals surface area contributed by atoms with Crippen LogP contribution in [-0.4, -0.2) is 15.9 Å². The van der Waals surface area contributed by atoms with Gasteiger partial charge >= 0.3 is 0 Å². The first-order valence-corrected chi connectivity index (χ1v) is 5.92. The lowest BCUT2D eigenvalue weighted by molar-refractivity contribution is -0.121. The molecule has 0 spiro atoms. The number of hydrogen-bond donors (Lipinski definition) is 1. The lowest BCUT2D eigenvalue weighted by Crippen LogP contribution is -2.26. The second-order valence-corrected chi connectivity index (χ2v) is 4.13. The Bertz CT molecular complexity index is 504. The van der Waals surface area contributed by atoms with Crippen molar-refractivity contribution < 1.29 is 4.79 Å². The van der Waals surface area contributed by atoms with Crippen molar-refractivity contribution in [2.24, 2.45) is 0 Å². The molecule has 1 N–H and O–H groups in total.